The van der Waals surface area contributed by atoms with Gasteiger partial charge in [-0.05, 0) is 25.8 Å². The highest BCUT2D eigenvalue weighted by atomic mass is 32.1. The zero-order valence-electron chi connectivity index (χ0n) is 9.07. The topological polar surface area (TPSA) is 37.8 Å². The molecule has 3 nitrogen and oxygen atoms in total. The van der Waals surface area contributed by atoms with E-state index in [0.717, 1.165) is 37.9 Å². The second-order valence-electron chi connectivity index (χ2n) is 3.44. The van der Waals surface area contributed by atoms with E-state index in [1.54, 1.807) is 0 Å². The number of terminal acetylenes is 1. The fourth-order valence-corrected chi connectivity index (χ4v) is 1.88. The first-order chi connectivity index (χ1) is 7.38. The molecule has 82 valence electrons. The van der Waals surface area contributed by atoms with Crippen LogP contribution in [0.1, 0.15) is 44.3 Å². The van der Waals surface area contributed by atoms with Gasteiger partial charge in [0.25, 0.3) is 0 Å². The number of rotatable bonds is 7. The molecule has 1 rings (SSSR count). The van der Waals surface area contributed by atoms with Crippen molar-refractivity contribution in [3.63, 3.8) is 0 Å². The van der Waals surface area contributed by atoms with E-state index in [-0.39, 0.29) is 0 Å². The van der Waals surface area contributed by atoms with Crippen LogP contribution in [-0.4, -0.2) is 15.3 Å². The molecule has 0 saturated heterocycles. The van der Waals surface area contributed by atoms with Crippen molar-refractivity contribution < 1.29 is 0 Å². The Morgan fingerprint density at radius 1 is 1.67 bits per heavy atom. The van der Waals surface area contributed by atoms with Gasteiger partial charge in [-0.15, -0.1) is 12.3 Å². The van der Waals surface area contributed by atoms with Crippen LogP contribution in [0.25, 0.3) is 0 Å². The lowest BCUT2D eigenvalue weighted by Gasteiger charge is -2.14. The van der Waals surface area contributed by atoms with Gasteiger partial charge < -0.3 is 5.32 Å². The van der Waals surface area contributed by atoms with Crippen LogP contribution in [-0.2, 0) is 0 Å². The third-order valence-corrected chi connectivity index (χ3v) is 2.68. The van der Waals surface area contributed by atoms with Crippen molar-refractivity contribution in [2.75, 3.05) is 6.54 Å². The SMILES string of the molecule is C#CCCCC(NCCC)c1cnsn1. The summed E-state index contributed by atoms with van der Waals surface area (Å²) in [5.74, 6) is 2.66. The van der Waals surface area contributed by atoms with E-state index in [2.05, 4.69) is 26.9 Å². The lowest BCUT2D eigenvalue weighted by Crippen LogP contribution is -2.22. The summed E-state index contributed by atoms with van der Waals surface area (Å²) in [5.41, 5.74) is 1.05. The summed E-state index contributed by atoms with van der Waals surface area (Å²) in [7, 11) is 0. The number of aromatic nitrogens is 2. The average molecular weight is 223 g/mol. The van der Waals surface area contributed by atoms with Crippen molar-refractivity contribution in [1.29, 1.82) is 0 Å². The van der Waals surface area contributed by atoms with Gasteiger partial charge in [0.05, 0.1) is 29.7 Å². The number of nitrogens with zero attached hydrogens (tertiary/aromatic N) is 2. The molecule has 0 amide bonds. The Hall–Kier alpha value is -0.920. The predicted octanol–water partition coefficient (Wildman–Crippen LogP) is 2.38. The Balaban J connectivity index is 2.43. The van der Waals surface area contributed by atoms with Crippen LogP contribution in [0.15, 0.2) is 6.20 Å². The molecule has 0 aromatic carbocycles. The smallest absolute Gasteiger partial charge is 0.0912 e. The molecule has 1 atom stereocenters. The first-order valence-corrected chi connectivity index (χ1v) is 6.05. The van der Waals surface area contributed by atoms with E-state index in [0.29, 0.717) is 6.04 Å². The van der Waals surface area contributed by atoms with Gasteiger partial charge in [0.15, 0.2) is 0 Å². The molecule has 0 radical (unpaired) electrons. The Kier molecular flexibility index (Phi) is 5.98. The van der Waals surface area contributed by atoms with Crippen molar-refractivity contribution in [1.82, 2.24) is 14.1 Å². The van der Waals surface area contributed by atoms with E-state index in [9.17, 15) is 0 Å². The third kappa shape index (κ3) is 4.41. The first kappa shape index (κ1) is 12.2. The Morgan fingerprint density at radius 3 is 3.13 bits per heavy atom. The molecular formula is C11H17N3S. The summed E-state index contributed by atoms with van der Waals surface area (Å²) in [6.07, 6.45) is 11.1. The highest BCUT2D eigenvalue weighted by Crippen LogP contribution is 2.17. The zero-order chi connectivity index (χ0) is 10.9. The zero-order valence-corrected chi connectivity index (χ0v) is 9.89. The fourth-order valence-electron chi connectivity index (χ4n) is 1.41. The molecule has 0 spiro atoms. The standard InChI is InChI=1S/C11H17N3S/c1-3-5-6-7-10(12-8-4-2)11-9-13-15-14-11/h1,9-10,12H,4-8H2,2H3. The van der Waals surface area contributed by atoms with Gasteiger partial charge in [-0.25, -0.2) is 0 Å². The van der Waals surface area contributed by atoms with E-state index in [1.165, 1.54) is 11.7 Å². The van der Waals surface area contributed by atoms with Crippen molar-refractivity contribution in [2.24, 2.45) is 0 Å². The van der Waals surface area contributed by atoms with Crippen molar-refractivity contribution in [3.8, 4) is 12.3 Å². The van der Waals surface area contributed by atoms with Crippen LogP contribution in [0.2, 0.25) is 0 Å². The molecule has 1 N–H and O–H groups in total. The second-order valence-corrected chi connectivity index (χ2v) is 3.99. The van der Waals surface area contributed by atoms with Gasteiger partial charge in [0, 0.05) is 6.42 Å². The summed E-state index contributed by atoms with van der Waals surface area (Å²) in [6, 6.07) is 0.317. The number of hydrogen-bond acceptors (Lipinski definition) is 4. The molecule has 0 fully saturated rings. The van der Waals surface area contributed by atoms with Gasteiger partial charge in [0.1, 0.15) is 0 Å². The lowest BCUT2D eigenvalue weighted by atomic mass is 10.1. The van der Waals surface area contributed by atoms with Gasteiger partial charge in [-0.3, -0.25) is 0 Å². The summed E-state index contributed by atoms with van der Waals surface area (Å²) < 4.78 is 8.29. The quantitative estimate of drug-likeness (QED) is 0.569. The Morgan fingerprint density at radius 2 is 2.53 bits per heavy atom. The minimum absolute atomic E-state index is 0.317. The normalized spacial score (nSPS) is 12.3. The molecular weight excluding hydrogens is 206 g/mol. The summed E-state index contributed by atoms with van der Waals surface area (Å²) in [4.78, 5) is 0. The maximum atomic E-state index is 5.24. The van der Waals surface area contributed by atoms with E-state index < -0.39 is 0 Å². The number of hydrogen-bond donors (Lipinski definition) is 1. The molecule has 0 aliphatic heterocycles. The maximum absolute atomic E-state index is 5.24. The maximum Gasteiger partial charge on any atom is 0.0912 e. The minimum atomic E-state index is 0.317. The van der Waals surface area contributed by atoms with Crippen LogP contribution < -0.4 is 5.32 Å². The van der Waals surface area contributed by atoms with Crippen molar-refractivity contribution in [3.05, 3.63) is 11.9 Å². The van der Waals surface area contributed by atoms with Gasteiger partial charge >= 0.3 is 0 Å². The molecule has 15 heavy (non-hydrogen) atoms. The van der Waals surface area contributed by atoms with E-state index in [1.807, 2.05) is 6.20 Å². The monoisotopic (exact) mass is 223 g/mol. The molecule has 1 unspecified atom stereocenters. The molecule has 0 bridgehead atoms. The van der Waals surface area contributed by atoms with E-state index >= 15 is 0 Å². The minimum Gasteiger partial charge on any atom is -0.309 e. The molecule has 1 aromatic heterocycles. The van der Waals surface area contributed by atoms with Crippen LogP contribution in [0, 0.1) is 12.3 Å². The van der Waals surface area contributed by atoms with Crippen molar-refractivity contribution >= 4 is 11.7 Å². The first-order valence-electron chi connectivity index (χ1n) is 5.32. The summed E-state index contributed by atoms with van der Waals surface area (Å²) in [5, 5.41) is 3.47. The lowest BCUT2D eigenvalue weighted by molar-refractivity contribution is 0.480. The summed E-state index contributed by atoms with van der Waals surface area (Å²) >= 11 is 1.26. The van der Waals surface area contributed by atoms with Gasteiger partial charge in [0.2, 0.25) is 0 Å². The highest BCUT2D eigenvalue weighted by Gasteiger charge is 2.12. The van der Waals surface area contributed by atoms with Crippen LogP contribution in [0.5, 0.6) is 0 Å². The predicted molar refractivity (Wildman–Crippen MR) is 63.6 cm³/mol. The molecule has 1 heterocycles. The third-order valence-electron chi connectivity index (χ3n) is 2.19. The fraction of sp³-hybridized carbons (Fsp3) is 0.636. The van der Waals surface area contributed by atoms with Crippen LogP contribution in [0.3, 0.4) is 0 Å². The number of unbranched alkanes of at least 4 members (excludes halogenated alkanes) is 1. The summed E-state index contributed by atoms with van der Waals surface area (Å²) in [6.45, 7) is 3.17. The van der Waals surface area contributed by atoms with E-state index in [4.69, 9.17) is 6.42 Å². The molecule has 0 aliphatic rings. The molecule has 1 aromatic rings. The van der Waals surface area contributed by atoms with Gasteiger partial charge in [-0.1, -0.05) is 6.92 Å². The molecule has 4 heteroatoms. The molecule has 0 aliphatic carbocycles. The van der Waals surface area contributed by atoms with Crippen LogP contribution in [0.4, 0.5) is 0 Å². The number of nitrogens with one attached hydrogen (secondary N) is 1. The van der Waals surface area contributed by atoms with Gasteiger partial charge in [-0.2, -0.15) is 8.75 Å². The van der Waals surface area contributed by atoms with Crippen LogP contribution >= 0.6 is 11.7 Å². The molecule has 0 saturated carbocycles. The Bertz CT molecular complexity index is 289. The highest BCUT2D eigenvalue weighted by molar-refractivity contribution is 6.99. The average Bonchev–Trinajstić information content (AvgIpc) is 2.76. The largest absolute Gasteiger partial charge is 0.309 e. The van der Waals surface area contributed by atoms with Crippen molar-refractivity contribution in [2.45, 2.75) is 38.6 Å². The second kappa shape index (κ2) is 7.38. The Labute approximate surface area is 95.6 Å².